The molecule has 1 atom stereocenters. The van der Waals surface area contributed by atoms with Gasteiger partial charge in [0.1, 0.15) is 5.82 Å². The molecule has 19 heavy (non-hydrogen) atoms. The largest absolute Gasteiger partial charge is 0.383 e. The Bertz CT molecular complexity index is 520. The third-order valence-electron chi connectivity index (χ3n) is 3.77. The Balaban J connectivity index is 1.55. The maximum atomic E-state index is 4.41. The first-order chi connectivity index (χ1) is 9.33. The van der Waals surface area contributed by atoms with Crippen molar-refractivity contribution in [3.63, 3.8) is 0 Å². The van der Waals surface area contributed by atoms with Gasteiger partial charge in [-0.15, -0.1) is 0 Å². The van der Waals surface area contributed by atoms with E-state index in [0.29, 0.717) is 6.04 Å². The van der Waals surface area contributed by atoms with Gasteiger partial charge in [0.25, 0.3) is 0 Å². The molecule has 0 saturated carbocycles. The Kier molecular flexibility index (Phi) is 3.51. The quantitative estimate of drug-likeness (QED) is 0.910. The van der Waals surface area contributed by atoms with Gasteiger partial charge in [0.15, 0.2) is 0 Å². The lowest BCUT2D eigenvalue weighted by Gasteiger charge is -2.33. The number of rotatable bonds is 4. The fourth-order valence-corrected chi connectivity index (χ4v) is 2.52. The Morgan fingerprint density at radius 2 is 2.11 bits per heavy atom. The second kappa shape index (κ2) is 5.45. The number of nitrogens with zero attached hydrogens (tertiary/aromatic N) is 3. The predicted octanol–water partition coefficient (Wildman–Crippen LogP) is 2.20. The normalized spacial score (nSPS) is 16.9. The summed E-state index contributed by atoms with van der Waals surface area (Å²) in [6.07, 6.45) is 3.96. The Labute approximate surface area is 114 Å². The predicted molar refractivity (Wildman–Crippen MR) is 77.0 cm³/mol. The number of imidazole rings is 1. The lowest BCUT2D eigenvalue weighted by molar-refractivity contribution is 0.169. The number of benzene rings is 1. The van der Waals surface area contributed by atoms with Gasteiger partial charge in [-0.25, -0.2) is 4.98 Å². The van der Waals surface area contributed by atoms with E-state index >= 15 is 0 Å². The molecule has 100 valence electrons. The zero-order valence-corrected chi connectivity index (χ0v) is 11.3. The Morgan fingerprint density at radius 3 is 2.95 bits per heavy atom. The summed E-state index contributed by atoms with van der Waals surface area (Å²) in [5.74, 6) is 1.18. The van der Waals surface area contributed by atoms with Crippen molar-refractivity contribution in [2.24, 2.45) is 0 Å². The number of anilines is 1. The number of aromatic nitrogens is 2. The van der Waals surface area contributed by atoms with E-state index in [2.05, 4.69) is 57.2 Å². The Hall–Kier alpha value is -1.81. The van der Waals surface area contributed by atoms with Gasteiger partial charge in [0.05, 0.1) is 6.54 Å². The molecule has 1 aromatic heterocycles. The Morgan fingerprint density at radius 1 is 1.26 bits per heavy atom. The number of para-hydroxylation sites is 1. The minimum atomic E-state index is 0.505. The van der Waals surface area contributed by atoms with Crippen LogP contribution in [0.4, 0.5) is 5.69 Å². The standard InChI is InChI=1S/C15H20N4/c1-13(11-17-14-5-3-2-4-6-14)19-10-9-18-8-7-16-15(18)12-19/h2-8,13,17H,9-12H2,1H3. The average Bonchev–Trinajstić information content (AvgIpc) is 2.93. The molecule has 0 aliphatic carbocycles. The highest BCUT2D eigenvalue weighted by Crippen LogP contribution is 2.14. The molecular weight excluding hydrogens is 236 g/mol. The van der Waals surface area contributed by atoms with Crippen LogP contribution in [-0.4, -0.2) is 33.6 Å². The molecule has 0 amide bonds. The van der Waals surface area contributed by atoms with Crippen LogP contribution in [0.1, 0.15) is 12.7 Å². The zero-order valence-electron chi connectivity index (χ0n) is 11.3. The van der Waals surface area contributed by atoms with Gasteiger partial charge >= 0.3 is 0 Å². The first-order valence-corrected chi connectivity index (χ1v) is 6.86. The van der Waals surface area contributed by atoms with Crippen molar-refractivity contribution in [2.75, 3.05) is 18.4 Å². The zero-order chi connectivity index (χ0) is 13.1. The lowest BCUT2D eigenvalue weighted by atomic mass is 10.2. The maximum Gasteiger partial charge on any atom is 0.122 e. The van der Waals surface area contributed by atoms with Gasteiger partial charge < -0.3 is 9.88 Å². The minimum absolute atomic E-state index is 0.505. The highest BCUT2D eigenvalue weighted by atomic mass is 15.3. The number of hydrogen-bond donors (Lipinski definition) is 1. The second-order valence-corrected chi connectivity index (χ2v) is 5.10. The molecule has 1 aromatic carbocycles. The molecule has 0 spiro atoms. The molecule has 2 aromatic rings. The molecule has 4 heteroatoms. The summed E-state index contributed by atoms with van der Waals surface area (Å²) in [4.78, 5) is 6.89. The van der Waals surface area contributed by atoms with Crippen LogP contribution in [-0.2, 0) is 13.1 Å². The van der Waals surface area contributed by atoms with E-state index in [9.17, 15) is 0 Å². The number of fused-ring (bicyclic) bond motifs is 1. The third kappa shape index (κ3) is 2.79. The smallest absolute Gasteiger partial charge is 0.122 e. The molecule has 1 aliphatic rings. The van der Waals surface area contributed by atoms with Crippen molar-refractivity contribution in [3.8, 4) is 0 Å². The van der Waals surface area contributed by atoms with E-state index in [4.69, 9.17) is 0 Å². The van der Waals surface area contributed by atoms with Crippen LogP contribution in [0.25, 0.3) is 0 Å². The van der Waals surface area contributed by atoms with Gasteiger partial charge in [0.2, 0.25) is 0 Å². The van der Waals surface area contributed by atoms with E-state index in [1.54, 1.807) is 0 Å². The second-order valence-electron chi connectivity index (χ2n) is 5.10. The van der Waals surface area contributed by atoms with E-state index in [1.165, 1.54) is 11.5 Å². The summed E-state index contributed by atoms with van der Waals surface area (Å²) < 4.78 is 2.24. The van der Waals surface area contributed by atoms with E-state index < -0.39 is 0 Å². The monoisotopic (exact) mass is 256 g/mol. The summed E-state index contributed by atoms with van der Waals surface area (Å²) in [6, 6.07) is 10.9. The molecular formula is C15H20N4. The van der Waals surface area contributed by atoms with Gasteiger partial charge in [-0.1, -0.05) is 18.2 Å². The van der Waals surface area contributed by atoms with Crippen LogP contribution in [0.5, 0.6) is 0 Å². The van der Waals surface area contributed by atoms with E-state index in [-0.39, 0.29) is 0 Å². The fourth-order valence-electron chi connectivity index (χ4n) is 2.52. The fraction of sp³-hybridized carbons (Fsp3) is 0.400. The molecule has 0 bridgehead atoms. The molecule has 0 saturated heterocycles. The molecule has 0 radical (unpaired) electrons. The molecule has 1 N–H and O–H groups in total. The van der Waals surface area contributed by atoms with Gasteiger partial charge in [-0.3, -0.25) is 4.90 Å². The maximum absolute atomic E-state index is 4.41. The number of nitrogens with one attached hydrogen (secondary N) is 1. The van der Waals surface area contributed by atoms with Gasteiger partial charge in [0, 0.05) is 43.8 Å². The summed E-state index contributed by atoms with van der Waals surface area (Å²) in [5, 5.41) is 3.49. The molecule has 2 heterocycles. The van der Waals surface area contributed by atoms with Crippen molar-refractivity contribution in [1.29, 1.82) is 0 Å². The minimum Gasteiger partial charge on any atom is -0.383 e. The summed E-state index contributed by atoms with van der Waals surface area (Å²) in [7, 11) is 0. The van der Waals surface area contributed by atoms with Crippen molar-refractivity contribution >= 4 is 5.69 Å². The molecule has 4 nitrogen and oxygen atoms in total. The van der Waals surface area contributed by atoms with Crippen LogP contribution >= 0.6 is 0 Å². The average molecular weight is 256 g/mol. The highest BCUT2D eigenvalue weighted by molar-refractivity contribution is 5.42. The molecule has 1 unspecified atom stereocenters. The molecule has 0 fully saturated rings. The van der Waals surface area contributed by atoms with Crippen LogP contribution in [0.3, 0.4) is 0 Å². The van der Waals surface area contributed by atoms with Crippen molar-refractivity contribution in [1.82, 2.24) is 14.5 Å². The summed E-state index contributed by atoms with van der Waals surface area (Å²) in [5.41, 5.74) is 1.19. The number of hydrogen-bond acceptors (Lipinski definition) is 3. The summed E-state index contributed by atoms with van der Waals surface area (Å²) in [6.45, 7) is 6.33. The lowest BCUT2D eigenvalue weighted by Crippen LogP contribution is -2.42. The first kappa shape index (κ1) is 12.2. The van der Waals surface area contributed by atoms with Crippen LogP contribution in [0, 0.1) is 0 Å². The van der Waals surface area contributed by atoms with E-state index in [0.717, 1.165) is 26.2 Å². The topological polar surface area (TPSA) is 33.1 Å². The van der Waals surface area contributed by atoms with Crippen LogP contribution in [0.15, 0.2) is 42.7 Å². The first-order valence-electron chi connectivity index (χ1n) is 6.86. The van der Waals surface area contributed by atoms with Crippen molar-refractivity contribution in [2.45, 2.75) is 26.1 Å². The van der Waals surface area contributed by atoms with Crippen molar-refractivity contribution in [3.05, 3.63) is 48.5 Å². The SMILES string of the molecule is CC(CNc1ccccc1)N1CCn2ccnc2C1. The third-order valence-corrected chi connectivity index (χ3v) is 3.77. The van der Waals surface area contributed by atoms with Crippen molar-refractivity contribution < 1.29 is 0 Å². The summed E-state index contributed by atoms with van der Waals surface area (Å²) >= 11 is 0. The van der Waals surface area contributed by atoms with Gasteiger partial charge in [-0.2, -0.15) is 0 Å². The van der Waals surface area contributed by atoms with Crippen LogP contribution < -0.4 is 5.32 Å². The van der Waals surface area contributed by atoms with Gasteiger partial charge in [-0.05, 0) is 19.1 Å². The molecule has 3 rings (SSSR count). The van der Waals surface area contributed by atoms with Crippen LogP contribution in [0.2, 0.25) is 0 Å². The van der Waals surface area contributed by atoms with E-state index in [1.807, 2.05) is 12.3 Å². The molecule has 1 aliphatic heterocycles. The highest BCUT2D eigenvalue weighted by Gasteiger charge is 2.20.